The molecule has 0 aliphatic heterocycles. The zero-order chi connectivity index (χ0) is 15.2. The minimum atomic E-state index is -0.628. The van der Waals surface area contributed by atoms with E-state index in [9.17, 15) is 14.9 Å². The number of nitro benzene ring substituents is 1. The van der Waals surface area contributed by atoms with Crippen molar-refractivity contribution in [3.63, 3.8) is 0 Å². The molecule has 0 saturated carbocycles. The summed E-state index contributed by atoms with van der Waals surface area (Å²) in [7, 11) is 0. The van der Waals surface area contributed by atoms with Crippen LogP contribution in [0.15, 0.2) is 46.1 Å². The van der Waals surface area contributed by atoms with Crippen molar-refractivity contribution in [1.29, 1.82) is 5.26 Å². The summed E-state index contributed by atoms with van der Waals surface area (Å²) >= 11 is 0. The van der Waals surface area contributed by atoms with E-state index in [2.05, 4.69) is 10.5 Å². The molecular formula is C13H8N4O4. The van der Waals surface area contributed by atoms with E-state index in [-0.39, 0.29) is 22.6 Å². The fourth-order valence-electron chi connectivity index (χ4n) is 1.50. The molecule has 1 N–H and O–H groups in total. The lowest BCUT2D eigenvalue weighted by atomic mass is 10.1. The average Bonchev–Trinajstić information content (AvgIpc) is 3.01. The molecular weight excluding hydrogens is 276 g/mol. The molecule has 0 saturated heterocycles. The number of hydrogen-bond donors (Lipinski definition) is 1. The molecule has 21 heavy (non-hydrogen) atoms. The van der Waals surface area contributed by atoms with Gasteiger partial charge in [-0.15, -0.1) is 0 Å². The van der Waals surface area contributed by atoms with E-state index in [0.29, 0.717) is 0 Å². The molecule has 1 heterocycles. The Bertz CT molecular complexity index is 744. The Kier molecular flexibility index (Phi) is 4.06. The largest absolute Gasteiger partial charge is 0.459 e. The number of nitriles is 1. The molecule has 1 aromatic heterocycles. The SMILES string of the molecule is N#Cc1ccc(/C=N\NC(=O)c2ccco2)c([N+](=O)[O-])c1. The zero-order valence-electron chi connectivity index (χ0n) is 10.5. The van der Waals surface area contributed by atoms with Crippen LogP contribution in [-0.2, 0) is 0 Å². The Morgan fingerprint density at radius 3 is 2.90 bits per heavy atom. The molecule has 0 radical (unpaired) electrons. The minimum Gasteiger partial charge on any atom is -0.459 e. The van der Waals surface area contributed by atoms with E-state index in [1.165, 1.54) is 24.5 Å². The number of hydrazone groups is 1. The highest BCUT2D eigenvalue weighted by atomic mass is 16.6. The predicted molar refractivity (Wildman–Crippen MR) is 71.6 cm³/mol. The lowest BCUT2D eigenvalue weighted by molar-refractivity contribution is -0.385. The Morgan fingerprint density at radius 2 is 2.29 bits per heavy atom. The highest BCUT2D eigenvalue weighted by Gasteiger charge is 2.13. The highest BCUT2D eigenvalue weighted by Crippen LogP contribution is 2.18. The summed E-state index contributed by atoms with van der Waals surface area (Å²) in [5.74, 6) is -0.506. The minimum absolute atomic E-state index is 0.0708. The van der Waals surface area contributed by atoms with Crippen LogP contribution < -0.4 is 5.43 Å². The molecule has 1 amide bonds. The van der Waals surface area contributed by atoms with Crippen molar-refractivity contribution in [2.45, 2.75) is 0 Å². The van der Waals surface area contributed by atoms with Gasteiger partial charge in [-0.25, -0.2) is 5.43 Å². The number of rotatable bonds is 4. The molecule has 0 bridgehead atoms. The first-order valence-corrected chi connectivity index (χ1v) is 5.67. The number of nitrogens with one attached hydrogen (secondary N) is 1. The number of carbonyl (C=O) groups excluding carboxylic acids is 1. The molecule has 104 valence electrons. The van der Waals surface area contributed by atoms with Gasteiger partial charge in [0.1, 0.15) is 0 Å². The van der Waals surface area contributed by atoms with Crippen LogP contribution >= 0.6 is 0 Å². The van der Waals surface area contributed by atoms with Crippen molar-refractivity contribution in [2.24, 2.45) is 5.10 Å². The summed E-state index contributed by atoms with van der Waals surface area (Å²) in [5.41, 5.74) is 2.24. The maximum Gasteiger partial charge on any atom is 0.307 e. The van der Waals surface area contributed by atoms with E-state index >= 15 is 0 Å². The summed E-state index contributed by atoms with van der Waals surface area (Å²) in [6.07, 6.45) is 2.46. The van der Waals surface area contributed by atoms with Gasteiger partial charge in [0.15, 0.2) is 5.76 Å². The number of furan rings is 1. The highest BCUT2D eigenvalue weighted by molar-refractivity contribution is 5.93. The summed E-state index contributed by atoms with van der Waals surface area (Å²) < 4.78 is 4.86. The fraction of sp³-hybridized carbons (Fsp3) is 0. The van der Waals surface area contributed by atoms with E-state index in [1.54, 1.807) is 6.07 Å². The number of amides is 1. The van der Waals surface area contributed by atoms with Gasteiger partial charge in [0.05, 0.1) is 34.6 Å². The lowest BCUT2D eigenvalue weighted by Crippen LogP contribution is -2.16. The van der Waals surface area contributed by atoms with Crippen molar-refractivity contribution >= 4 is 17.8 Å². The summed E-state index contributed by atoms with van der Waals surface area (Å²) in [4.78, 5) is 21.8. The van der Waals surface area contributed by atoms with Gasteiger partial charge in [-0.1, -0.05) is 0 Å². The van der Waals surface area contributed by atoms with E-state index in [4.69, 9.17) is 9.68 Å². The second kappa shape index (κ2) is 6.12. The van der Waals surface area contributed by atoms with Gasteiger partial charge in [-0.05, 0) is 24.3 Å². The van der Waals surface area contributed by atoms with Crippen molar-refractivity contribution in [1.82, 2.24) is 5.43 Å². The second-order valence-electron chi connectivity index (χ2n) is 3.82. The monoisotopic (exact) mass is 284 g/mol. The van der Waals surface area contributed by atoms with Crippen LogP contribution in [0.25, 0.3) is 0 Å². The molecule has 0 spiro atoms. The number of nitrogens with zero attached hydrogens (tertiary/aromatic N) is 3. The molecule has 8 nitrogen and oxygen atoms in total. The number of hydrogen-bond acceptors (Lipinski definition) is 6. The molecule has 2 aromatic rings. The van der Waals surface area contributed by atoms with E-state index < -0.39 is 10.8 Å². The van der Waals surface area contributed by atoms with Crippen LogP contribution in [0.4, 0.5) is 5.69 Å². The van der Waals surface area contributed by atoms with E-state index in [0.717, 1.165) is 12.3 Å². The molecule has 0 aliphatic carbocycles. The van der Waals surface area contributed by atoms with Gasteiger partial charge < -0.3 is 4.42 Å². The van der Waals surface area contributed by atoms with Gasteiger partial charge in [0.2, 0.25) is 0 Å². The first-order chi connectivity index (χ1) is 10.1. The average molecular weight is 284 g/mol. The van der Waals surface area contributed by atoms with Crippen LogP contribution in [0.5, 0.6) is 0 Å². The van der Waals surface area contributed by atoms with Gasteiger partial charge in [-0.2, -0.15) is 10.4 Å². The fourth-order valence-corrected chi connectivity index (χ4v) is 1.50. The van der Waals surface area contributed by atoms with Crippen molar-refractivity contribution < 1.29 is 14.1 Å². The van der Waals surface area contributed by atoms with Gasteiger partial charge in [-0.3, -0.25) is 14.9 Å². The molecule has 2 rings (SSSR count). The maximum atomic E-state index is 11.5. The Morgan fingerprint density at radius 1 is 1.48 bits per heavy atom. The van der Waals surface area contributed by atoms with Crippen molar-refractivity contribution in [3.8, 4) is 6.07 Å². The van der Waals surface area contributed by atoms with Gasteiger partial charge in [0, 0.05) is 6.07 Å². The topological polar surface area (TPSA) is 122 Å². The Labute approximate surface area is 118 Å². The van der Waals surface area contributed by atoms with Crippen molar-refractivity contribution in [3.05, 3.63) is 63.6 Å². The van der Waals surface area contributed by atoms with Crippen LogP contribution in [0, 0.1) is 21.4 Å². The van der Waals surface area contributed by atoms with E-state index in [1.807, 2.05) is 6.07 Å². The summed E-state index contributed by atoms with van der Waals surface area (Å²) in [5, 5.41) is 23.2. The predicted octanol–water partition coefficient (Wildman–Crippen LogP) is 1.82. The van der Waals surface area contributed by atoms with Crippen LogP contribution in [-0.4, -0.2) is 17.0 Å². The molecule has 0 unspecified atom stereocenters. The Hall–Kier alpha value is -3.47. The first-order valence-electron chi connectivity index (χ1n) is 5.67. The standard InChI is InChI=1S/C13H8N4O4/c14-7-9-3-4-10(11(6-9)17(19)20)8-15-16-13(18)12-2-1-5-21-12/h1-6,8H,(H,16,18)/b15-8-. The van der Waals surface area contributed by atoms with Crippen LogP contribution in [0.3, 0.4) is 0 Å². The summed E-state index contributed by atoms with van der Waals surface area (Å²) in [6, 6.07) is 8.74. The summed E-state index contributed by atoms with van der Waals surface area (Å²) in [6.45, 7) is 0. The first kappa shape index (κ1) is 14.0. The molecule has 0 aliphatic rings. The van der Waals surface area contributed by atoms with Gasteiger partial charge >= 0.3 is 5.91 Å². The smallest absolute Gasteiger partial charge is 0.307 e. The lowest BCUT2D eigenvalue weighted by Gasteiger charge is -1.98. The molecule has 1 aromatic carbocycles. The maximum absolute atomic E-state index is 11.5. The van der Waals surface area contributed by atoms with Crippen molar-refractivity contribution in [2.75, 3.05) is 0 Å². The third-order valence-corrected chi connectivity index (χ3v) is 2.47. The second-order valence-corrected chi connectivity index (χ2v) is 3.82. The Balaban J connectivity index is 2.16. The number of benzene rings is 1. The zero-order valence-corrected chi connectivity index (χ0v) is 10.5. The third kappa shape index (κ3) is 3.30. The number of carbonyl (C=O) groups is 1. The number of nitro groups is 1. The molecule has 8 heteroatoms. The quantitative estimate of drug-likeness (QED) is 0.521. The third-order valence-electron chi connectivity index (χ3n) is 2.47. The molecule has 0 atom stereocenters. The molecule has 0 fully saturated rings. The van der Waals surface area contributed by atoms with Crippen LogP contribution in [0.2, 0.25) is 0 Å². The van der Waals surface area contributed by atoms with Crippen LogP contribution in [0.1, 0.15) is 21.7 Å². The normalized spacial score (nSPS) is 10.2. The van der Waals surface area contributed by atoms with Gasteiger partial charge in [0.25, 0.3) is 5.69 Å².